The number of hydrogen-bond donors (Lipinski definition) is 0. The molecule has 1 heterocycles. The molecule has 9 nitrogen and oxygen atoms in total. The Labute approximate surface area is 177 Å². The quantitative estimate of drug-likeness (QED) is 0.329. The van der Waals surface area contributed by atoms with E-state index in [1.807, 2.05) is 36.4 Å². The second-order valence-electron chi connectivity index (χ2n) is 6.60. The van der Waals surface area contributed by atoms with Crippen LogP contribution in [0.25, 0.3) is 0 Å². The van der Waals surface area contributed by atoms with Gasteiger partial charge >= 0.3 is 17.2 Å². The second kappa shape index (κ2) is 9.49. The Morgan fingerprint density at radius 2 is 1.68 bits per heavy atom. The summed E-state index contributed by atoms with van der Waals surface area (Å²) in [5, 5.41) is 11.3. The van der Waals surface area contributed by atoms with Crippen LogP contribution in [-0.2, 0) is 22.6 Å². The van der Waals surface area contributed by atoms with Crippen LogP contribution in [0.5, 0.6) is 0 Å². The van der Waals surface area contributed by atoms with Gasteiger partial charge in [-0.3, -0.25) is 24.3 Å². The van der Waals surface area contributed by atoms with Gasteiger partial charge in [0.15, 0.2) is 0 Å². The summed E-state index contributed by atoms with van der Waals surface area (Å²) in [5.74, 6) is -1.33. The summed E-state index contributed by atoms with van der Waals surface area (Å²) >= 11 is 0. The maximum atomic E-state index is 13.2. The van der Waals surface area contributed by atoms with E-state index in [9.17, 15) is 24.5 Å². The predicted molar refractivity (Wildman–Crippen MR) is 113 cm³/mol. The molecule has 0 N–H and O–H groups in total. The normalized spacial score (nSPS) is 10.4. The number of esters is 1. The maximum Gasteiger partial charge on any atom is 0.339 e. The number of hydrogen-bond acceptors (Lipinski definition) is 6. The summed E-state index contributed by atoms with van der Waals surface area (Å²) in [6.45, 7) is -0.260. The monoisotopic (exact) mass is 421 g/mol. The van der Waals surface area contributed by atoms with E-state index in [1.165, 1.54) is 4.90 Å². The van der Waals surface area contributed by atoms with Crippen molar-refractivity contribution in [1.82, 2.24) is 4.57 Å². The molecule has 0 aliphatic carbocycles. The highest BCUT2D eigenvalue weighted by Gasteiger charge is 2.23. The highest BCUT2D eigenvalue weighted by atomic mass is 16.6. The van der Waals surface area contributed by atoms with Crippen molar-refractivity contribution in [1.29, 1.82) is 0 Å². The first-order valence-electron chi connectivity index (χ1n) is 9.27. The summed E-state index contributed by atoms with van der Waals surface area (Å²) in [7, 11) is 1.12. The Hall–Kier alpha value is -4.27. The minimum absolute atomic E-state index is 0.198. The highest BCUT2D eigenvalue weighted by Crippen LogP contribution is 2.18. The Balaban J connectivity index is 1.99. The summed E-state index contributed by atoms with van der Waals surface area (Å²) in [6, 6.07) is 19.0. The number of pyridine rings is 1. The molecule has 158 valence electrons. The molecule has 0 aliphatic heterocycles. The third-order valence-corrected chi connectivity index (χ3v) is 4.54. The van der Waals surface area contributed by atoms with Gasteiger partial charge in [0.25, 0.3) is 0 Å². The molecular weight excluding hydrogens is 402 g/mol. The smallest absolute Gasteiger partial charge is 0.339 e. The fourth-order valence-electron chi connectivity index (χ4n) is 3.03. The number of nitro groups is 1. The van der Waals surface area contributed by atoms with Crippen LogP contribution in [0.1, 0.15) is 15.9 Å². The standard InChI is InChI=1S/C22H19N3O6/c1-31-22(28)17-12-19(25(29)30)21(27)23(14-17)15-20(26)24(18-10-6-3-7-11-18)13-16-8-4-2-5-9-16/h2-12,14H,13,15H2,1H3. The Kier molecular flexibility index (Phi) is 6.56. The number of methoxy groups -OCH3 is 1. The molecule has 0 radical (unpaired) electrons. The molecule has 9 heteroatoms. The minimum atomic E-state index is -0.987. The van der Waals surface area contributed by atoms with Crippen molar-refractivity contribution >= 4 is 23.3 Å². The Morgan fingerprint density at radius 1 is 1.06 bits per heavy atom. The summed E-state index contributed by atoms with van der Waals surface area (Å²) in [5.41, 5.74) is -0.538. The lowest BCUT2D eigenvalue weighted by molar-refractivity contribution is -0.386. The lowest BCUT2D eigenvalue weighted by Gasteiger charge is -2.23. The number of rotatable bonds is 7. The van der Waals surface area contributed by atoms with Gasteiger partial charge in [0.1, 0.15) is 6.54 Å². The molecule has 0 saturated carbocycles. The number of para-hydroxylation sites is 1. The predicted octanol–water partition coefficient (Wildman–Crippen LogP) is 2.78. The van der Waals surface area contributed by atoms with Gasteiger partial charge in [-0.05, 0) is 17.7 Å². The van der Waals surface area contributed by atoms with Crippen LogP contribution >= 0.6 is 0 Å². The van der Waals surface area contributed by atoms with E-state index in [4.69, 9.17) is 0 Å². The third kappa shape index (κ3) is 5.02. The van der Waals surface area contributed by atoms with E-state index >= 15 is 0 Å². The fraction of sp³-hybridized carbons (Fsp3) is 0.136. The van der Waals surface area contributed by atoms with Gasteiger partial charge in [0, 0.05) is 18.0 Å². The van der Waals surface area contributed by atoms with Crippen molar-refractivity contribution in [2.24, 2.45) is 0 Å². The maximum absolute atomic E-state index is 13.2. The molecule has 1 aromatic heterocycles. The van der Waals surface area contributed by atoms with Crippen LogP contribution < -0.4 is 10.5 Å². The Bertz CT molecular complexity index is 1160. The average molecular weight is 421 g/mol. The van der Waals surface area contributed by atoms with E-state index in [1.54, 1.807) is 24.3 Å². The highest BCUT2D eigenvalue weighted by molar-refractivity contribution is 5.93. The van der Waals surface area contributed by atoms with Crippen LogP contribution in [0, 0.1) is 10.1 Å². The van der Waals surface area contributed by atoms with Crippen LogP contribution in [-0.4, -0.2) is 28.5 Å². The zero-order chi connectivity index (χ0) is 22.4. The number of carbonyl (C=O) groups excluding carboxylic acids is 2. The molecule has 0 unspecified atom stereocenters. The van der Waals surface area contributed by atoms with Gasteiger partial charge in [0.05, 0.1) is 24.1 Å². The summed E-state index contributed by atoms with van der Waals surface area (Å²) in [4.78, 5) is 49.4. The van der Waals surface area contributed by atoms with Gasteiger partial charge < -0.3 is 9.64 Å². The molecule has 0 atom stereocenters. The van der Waals surface area contributed by atoms with Crippen molar-refractivity contribution in [2.75, 3.05) is 12.0 Å². The molecule has 0 bridgehead atoms. The van der Waals surface area contributed by atoms with Gasteiger partial charge in [-0.25, -0.2) is 4.79 Å². The van der Waals surface area contributed by atoms with Crippen molar-refractivity contribution in [3.8, 4) is 0 Å². The lowest BCUT2D eigenvalue weighted by atomic mass is 10.2. The zero-order valence-electron chi connectivity index (χ0n) is 16.6. The molecule has 0 fully saturated rings. The number of amides is 1. The SMILES string of the molecule is COC(=O)c1cc([N+](=O)[O-])c(=O)n(CC(=O)N(Cc2ccccc2)c2ccccc2)c1. The number of anilines is 1. The molecule has 2 aromatic carbocycles. The second-order valence-corrected chi connectivity index (χ2v) is 6.60. The summed E-state index contributed by atoms with van der Waals surface area (Å²) < 4.78 is 5.45. The van der Waals surface area contributed by atoms with Crippen molar-refractivity contribution in [3.63, 3.8) is 0 Å². The van der Waals surface area contributed by atoms with E-state index in [0.717, 1.165) is 29.5 Å². The molecule has 3 rings (SSSR count). The van der Waals surface area contributed by atoms with Crippen LogP contribution in [0.4, 0.5) is 11.4 Å². The number of benzene rings is 2. The van der Waals surface area contributed by atoms with Crippen molar-refractivity contribution < 1.29 is 19.2 Å². The lowest BCUT2D eigenvalue weighted by Crippen LogP contribution is -2.36. The molecular formula is C22H19N3O6. The molecule has 0 aliphatic rings. The van der Waals surface area contributed by atoms with Gasteiger partial charge in [0.2, 0.25) is 5.91 Å². The van der Waals surface area contributed by atoms with Gasteiger partial charge in [-0.1, -0.05) is 48.5 Å². The third-order valence-electron chi connectivity index (χ3n) is 4.54. The average Bonchev–Trinajstić information content (AvgIpc) is 2.79. The first kappa shape index (κ1) is 21.4. The number of carbonyl (C=O) groups is 2. The van der Waals surface area contributed by atoms with Crippen molar-refractivity contribution in [3.05, 3.63) is 105 Å². The minimum Gasteiger partial charge on any atom is -0.465 e. The molecule has 3 aromatic rings. The van der Waals surface area contributed by atoms with E-state index in [0.29, 0.717) is 5.69 Å². The molecule has 0 saturated heterocycles. The zero-order valence-corrected chi connectivity index (χ0v) is 16.6. The first-order chi connectivity index (χ1) is 14.9. The number of aromatic nitrogens is 1. The van der Waals surface area contributed by atoms with E-state index in [2.05, 4.69) is 4.74 Å². The molecule has 31 heavy (non-hydrogen) atoms. The van der Waals surface area contributed by atoms with Crippen LogP contribution in [0.3, 0.4) is 0 Å². The topological polar surface area (TPSA) is 112 Å². The largest absolute Gasteiger partial charge is 0.465 e. The number of nitrogens with zero attached hydrogens (tertiary/aromatic N) is 3. The summed E-state index contributed by atoms with van der Waals surface area (Å²) in [6.07, 6.45) is 1.09. The van der Waals surface area contributed by atoms with E-state index < -0.39 is 34.6 Å². The van der Waals surface area contributed by atoms with E-state index in [-0.39, 0.29) is 12.1 Å². The molecule has 1 amide bonds. The number of ether oxygens (including phenoxy) is 1. The van der Waals surface area contributed by atoms with Gasteiger partial charge in [-0.2, -0.15) is 0 Å². The van der Waals surface area contributed by atoms with Crippen LogP contribution in [0.2, 0.25) is 0 Å². The van der Waals surface area contributed by atoms with Crippen molar-refractivity contribution in [2.45, 2.75) is 13.1 Å². The first-order valence-corrected chi connectivity index (χ1v) is 9.27. The van der Waals surface area contributed by atoms with Crippen LogP contribution in [0.15, 0.2) is 77.7 Å². The molecule has 0 spiro atoms. The van der Waals surface area contributed by atoms with Gasteiger partial charge in [-0.15, -0.1) is 0 Å². The fourth-order valence-corrected chi connectivity index (χ4v) is 3.03. The Morgan fingerprint density at radius 3 is 2.26 bits per heavy atom.